The van der Waals surface area contributed by atoms with Gasteiger partial charge >= 0.3 is 0 Å². The minimum atomic E-state index is -3.68. The third-order valence-electron chi connectivity index (χ3n) is 5.78. The molecule has 2 aliphatic rings. The second-order valence-corrected chi connectivity index (χ2v) is 10.1. The summed E-state index contributed by atoms with van der Waals surface area (Å²) in [6.45, 7) is 6.69. The van der Waals surface area contributed by atoms with E-state index in [-0.39, 0.29) is 23.3 Å². The molecule has 7 heteroatoms. The van der Waals surface area contributed by atoms with Crippen LogP contribution in [-0.2, 0) is 21.2 Å². The Balaban J connectivity index is 1.40. The van der Waals surface area contributed by atoms with Crippen molar-refractivity contribution in [2.45, 2.75) is 51.0 Å². The number of fused-ring (bicyclic) bond motifs is 1. The highest BCUT2D eigenvalue weighted by Crippen LogP contribution is 2.37. The van der Waals surface area contributed by atoms with Crippen LogP contribution >= 0.6 is 0 Å². The molecule has 1 amide bonds. The summed E-state index contributed by atoms with van der Waals surface area (Å²) in [6.07, 6.45) is 2.61. The van der Waals surface area contributed by atoms with Crippen LogP contribution in [0.1, 0.15) is 36.5 Å². The van der Waals surface area contributed by atoms with Crippen LogP contribution in [-0.4, -0.2) is 33.5 Å². The molecule has 0 radical (unpaired) electrons. The van der Waals surface area contributed by atoms with Gasteiger partial charge in [0.05, 0.1) is 10.9 Å². The third-order valence-corrected chi connectivity index (χ3v) is 7.37. The molecule has 1 heterocycles. The normalized spacial score (nSPS) is 17.0. The monoisotopic (exact) mass is 428 g/mol. The Morgan fingerprint density at radius 1 is 1.17 bits per heavy atom. The fourth-order valence-corrected chi connectivity index (χ4v) is 5.00. The van der Waals surface area contributed by atoms with Crippen LogP contribution in [0, 0.1) is 19.8 Å². The molecule has 1 saturated carbocycles. The van der Waals surface area contributed by atoms with Crippen LogP contribution < -0.4 is 14.4 Å². The minimum Gasteiger partial charge on any atom is -0.492 e. The number of carbonyl (C=O) groups excluding carboxylic acids is 1. The molecule has 2 aromatic carbocycles. The maximum Gasteiger partial charge on any atom is 0.240 e. The Labute approximate surface area is 178 Å². The summed E-state index contributed by atoms with van der Waals surface area (Å²) < 4.78 is 34.1. The predicted octanol–water partition coefficient (Wildman–Crippen LogP) is 3.35. The molecule has 1 aliphatic heterocycles. The number of benzene rings is 2. The van der Waals surface area contributed by atoms with Crippen LogP contribution in [0.4, 0.5) is 5.69 Å². The highest BCUT2D eigenvalue weighted by molar-refractivity contribution is 7.89. The number of nitrogens with zero attached hydrogens (tertiary/aromatic N) is 1. The van der Waals surface area contributed by atoms with Crippen LogP contribution in [0.5, 0.6) is 5.75 Å². The molecule has 1 atom stereocenters. The van der Waals surface area contributed by atoms with E-state index in [0.29, 0.717) is 13.0 Å². The van der Waals surface area contributed by atoms with Crippen molar-refractivity contribution in [3.05, 3.63) is 53.1 Å². The standard InChI is InChI=1S/C23H28N2O4S/c1-15-4-7-20(12-16(15)2)29-14-17(3)24-30(27,28)21-8-9-22-19(13-21)10-11-25(22)23(26)18-5-6-18/h4,7-9,12-13,17-18,24H,5-6,10-11,14H2,1-3H3/t17-/m1/s1. The van der Waals surface area contributed by atoms with Crippen molar-refractivity contribution in [2.75, 3.05) is 18.1 Å². The van der Waals surface area contributed by atoms with E-state index in [0.717, 1.165) is 35.4 Å². The lowest BCUT2D eigenvalue weighted by atomic mass is 10.1. The average molecular weight is 429 g/mol. The Hall–Kier alpha value is -2.38. The molecule has 0 aromatic heterocycles. The van der Waals surface area contributed by atoms with Crippen LogP contribution in [0.15, 0.2) is 41.3 Å². The van der Waals surface area contributed by atoms with Crippen molar-refractivity contribution < 1.29 is 17.9 Å². The van der Waals surface area contributed by atoms with Crippen molar-refractivity contribution in [2.24, 2.45) is 5.92 Å². The number of sulfonamides is 1. The molecule has 2 aromatic rings. The van der Waals surface area contributed by atoms with Gasteiger partial charge in [0, 0.05) is 18.2 Å². The molecule has 6 nitrogen and oxygen atoms in total. The lowest BCUT2D eigenvalue weighted by molar-refractivity contribution is -0.119. The van der Waals surface area contributed by atoms with E-state index in [9.17, 15) is 13.2 Å². The van der Waals surface area contributed by atoms with Gasteiger partial charge in [-0.15, -0.1) is 0 Å². The second kappa shape index (κ2) is 8.04. The van der Waals surface area contributed by atoms with Crippen molar-refractivity contribution in [3.8, 4) is 5.75 Å². The van der Waals surface area contributed by atoms with Gasteiger partial charge in [-0.05, 0) is 87.1 Å². The van der Waals surface area contributed by atoms with Crippen LogP contribution in [0.2, 0.25) is 0 Å². The lowest BCUT2D eigenvalue weighted by Gasteiger charge is -2.18. The van der Waals surface area contributed by atoms with Crippen molar-refractivity contribution in [1.82, 2.24) is 4.72 Å². The van der Waals surface area contributed by atoms with Crippen LogP contribution in [0.3, 0.4) is 0 Å². The topological polar surface area (TPSA) is 75.7 Å². The Bertz CT molecular complexity index is 1080. The minimum absolute atomic E-state index is 0.152. The highest BCUT2D eigenvalue weighted by Gasteiger charge is 2.36. The van der Waals surface area contributed by atoms with E-state index in [4.69, 9.17) is 4.74 Å². The molecule has 0 saturated heterocycles. The first-order valence-corrected chi connectivity index (χ1v) is 11.9. The average Bonchev–Trinajstić information content (AvgIpc) is 3.47. The fraction of sp³-hybridized carbons (Fsp3) is 0.435. The molecule has 30 heavy (non-hydrogen) atoms. The largest absolute Gasteiger partial charge is 0.492 e. The third kappa shape index (κ3) is 4.37. The second-order valence-electron chi connectivity index (χ2n) is 8.38. The number of aryl methyl sites for hydroxylation is 2. The molecule has 0 spiro atoms. The Morgan fingerprint density at radius 3 is 2.63 bits per heavy atom. The SMILES string of the molecule is Cc1ccc(OC[C@@H](C)NS(=O)(=O)c2ccc3c(c2)CCN3C(=O)C2CC2)cc1C. The zero-order chi connectivity index (χ0) is 21.5. The molecule has 1 fully saturated rings. The number of carbonyl (C=O) groups is 1. The van der Waals surface area contributed by atoms with E-state index in [1.165, 1.54) is 5.56 Å². The summed E-state index contributed by atoms with van der Waals surface area (Å²) in [7, 11) is -3.68. The summed E-state index contributed by atoms with van der Waals surface area (Å²) in [4.78, 5) is 14.4. The molecule has 1 N–H and O–H groups in total. The summed E-state index contributed by atoms with van der Waals surface area (Å²) in [6, 6.07) is 10.5. The van der Waals surface area contributed by atoms with E-state index in [1.807, 2.05) is 32.0 Å². The molecule has 4 rings (SSSR count). The van der Waals surface area contributed by atoms with E-state index >= 15 is 0 Å². The van der Waals surface area contributed by atoms with Gasteiger partial charge in [0.2, 0.25) is 15.9 Å². The molecular formula is C23H28N2O4S. The van der Waals surface area contributed by atoms with Gasteiger partial charge in [0.15, 0.2) is 0 Å². The number of hydrogen-bond acceptors (Lipinski definition) is 4. The Kier molecular flexibility index (Phi) is 5.59. The van der Waals surface area contributed by atoms with E-state index in [1.54, 1.807) is 30.0 Å². The quantitative estimate of drug-likeness (QED) is 0.734. The highest BCUT2D eigenvalue weighted by atomic mass is 32.2. The van der Waals surface area contributed by atoms with Crippen molar-refractivity contribution >= 4 is 21.6 Å². The number of hydrogen-bond donors (Lipinski definition) is 1. The number of rotatable bonds is 7. The molecule has 1 aliphatic carbocycles. The zero-order valence-corrected chi connectivity index (χ0v) is 18.5. The van der Waals surface area contributed by atoms with E-state index < -0.39 is 16.1 Å². The summed E-state index contributed by atoms with van der Waals surface area (Å²) in [5.74, 6) is 1.04. The van der Waals surface area contributed by atoms with Crippen molar-refractivity contribution in [3.63, 3.8) is 0 Å². The Morgan fingerprint density at radius 2 is 1.93 bits per heavy atom. The predicted molar refractivity (Wildman–Crippen MR) is 116 cm³/mol. The molecular weight excluding hydrogens is 400 g/mol. The maximum absolute atomic E-state index is 12.8. The van der Waals surface area contributed by atoms with Gasteiger partial charge < -0.3 is 9.64 Å². The molecule has 0 bridgehead atoms. The summed E-state index contributed by atoms with van der Waals surface area (Å²) in [5, 5.41) is 0. The van der Waals surface area contributed by atoms with Gasteiger partial charge in [-0.1, -0.05) is 6.07 Å². The summed E-state index contributed by atoms with van der Waals surface area (Å²) in [5.41, 5.74) is 4.07. The molecule has 160 valence electrons. The number of nitrogens with one attached hydrogen (secondary N) is 1. The first-order valence-electron chi connectivity index (χ1n) is 10.4. The smallest absolute Gasteiger partial charge is 0.240 e. The number of anilines is 1. The number of amides is 1. The van der Waals surface area contributed by atoms with Crippen LogP contribution in [0.25, 0.3) is 0 Å². The lowest BCUT2D eigenvalue weighted by Crippen LogP contribution is -2.36. The van der Waals surface area contributed by atoms with E-state index in [2.05, 4.69) is 4.72 Å². The number of ether oxygens (including phenoxy) is 1. The first-order chi connectivity index (χ1) is 14.2. The maximum atomic E-state index is 12.8. The van der Waals surface area contributed by atoms with Gasteiger partial charge in [-0.25, -0.2) is 13.1 Å². The van der Waals surface area contributed by atoms with Gasteiger partial charge in [0.25, 0.3) is 0 Å². The fourth-order valence-electron chi connectivity index (χ4n) is 3.72. The van der Waals surface area contributed by atoms with Crippen molar-refractivity contribution in [1.29, 1.82) is 0 Å². The van der Waals surface area contributed by atoms with Gasteiger partial charge in [-0.2, -0.15) is 0 Å². The summed E-state index contributed by atoms with van der Waals surface area (Å²) >= 11 is 0. The first kappa shape index (κ1) is 20.9. The molecule has 0 unspecified atom stereocenters. The zero-order valence-electron chi connectivity index (χ0n) is 17.6. The van der Waals surface area contributed by atoms with Gasteiger partial charge in [0.1, 0.15) is 12.4 Å². The van der Waals surface area contributed by atoms with Gasteiger partial charge in [-0.3, -0.25) is 4.79 Å².